The highest BCUT2D eigenvalue weighted by Gasteiger charge is 2.34. The maximum atomic E-state index is 12.6. The number of amides is 1. The summed E-state index contributed by atoms with van der Waals surface area (Å²) in [6.45, 7) is 2.09. The van der Waals surface area contributed by atoms with Gasteiger partial charge in [0.2, 0.25) is 11.7 Å². The number of carbonyl (C=O) groups excluding carboxylic acids is 1. The lowest BCUT2D eigenvalue weighted by molar-refractivity contribution is -0.136. The molecule has 1 amide bonds. The van der Waals surface area contributed by atoms with Gasteiger partial charge < -0.3 is 10.0 Å². The third-order valence-electron chi connectivity index (χ3n) is 4.61. The molecule has 1 fully saturated rings. The first-order valence-electron chi connectivity index (χ1n) is 8.31. The van der Waals surface area contributed by atoms with Crippen LogP contribution in [-0.4, -0.2) is 55.3 Å². The predicted molar refractivity (Wildman–Crippen MR) is 89.0 cm³/mol. The molecule has 1 aromatic heterocycles. The van der Waals surface area contributed by atoms with Gasteiger partial charge in [0.15, 0.2) is 0 Å². The molecule has 0 radical (unpaired) electrons. The van der Waals surface area contributed by atoms with E-state index >= 15 is 0 Å². The number of nitrogens with zero attached hydrogens (tertiary/aromatic N) is 5. The van der Waals surface area contributed by atoms with Gasteiger partial charge in [-0.1, -0.05) is 43.2 Å². The number of tetrazole rings is 1. The van der Waals surface area contributed by atoms with Crippen LogP contribution in [0, 0.1) is 0 Å². The molecule has 1 heterocycles. The van der Waals surface area contributed by atoms with Gasteiger partial charge in [-0.05, 0) is 25.0 Å². The van der Waals surface area contributed by atoms with E-state index in [1.54, 1.807) is 18.9 Å². The zero-order valence-corrected chi connectivity index (χ0v) is 14.1. The van der Waals surface area contributed by atoms with E-state index in [0.717, 1.165) is 31.2 Å². The molecule has 2 aromatic rings. The maximum absolute atomic E-state index is 12.6. The molecule has 7 nitrogen and oxygen atoms in total. The molecule has 24 heavy (non-hydrogen) atoms. The fourth-order valence-electron chi connectivity index (χ4n) is 3.22. The molecule has 1 N–H and O–H groups in total. The molecule has 1 unspecified atom stereocenters. The van der Waals surface area contributed by atoms with Crippen LogP contribution in [-0.2, 0) is 4.79 Å². The molecule has 128 valence electrons. The van der Waals surface area contributed by atoms with Gasteiger partial charge >= 0.3 is 0 Å². The standard InChI is InChI=1S/C17H23N5O2/c1-13(16(23)21(2)12-17(24)10-6-7-11-17)22-19-15(18-20-22)14-8-4-3-5-9-14/h3-5,8-9,13,24H,6-7,10-12H2,1-2H3. The quantitative estimate of drug-likeness (QED) is 0.902. The molecule has 1 aliphatic carbocycles. The number of aromatic nitrogens is 4. The highest BCUT2D eigenvalue weighted by atomic mass is 16.3. The molecule has 3 rings (SSSR count). The molecule has 1 aliphatic rings. The minimum atomic E-state index is -0.755. The van der Waals surface area contributed by atoms with Crippen molar-refractivity contribution in [1.29, 1.82) is 0 Å². The van der Waals surface area contributed by atoms with Crippen molar-refractivity contribution in [2.45, 2.75) is 44.2 Å². The van der Waals surface area contributed by atoms with Crippen LogP contribution in [0.25, 0.3) is 11.4 Å². The largest absolute Gasteiger partial charge is 0.388 e. The zero-order chi connectivity index (χ0) is 17.2. The Hall–Kier alpha value is -2.28. The van der Waals surface area contributed by atoms with Crippen LogP contribution in [0.15, 0.2) is 30.3 Å². The zero-order valence-electron chi connectivity index (χ0n) is 14.1. The highest BCUT2D eigenvalue weighted by Crippen LogP contribution is 2.30. The molecule has 1 atom stereocenters. The summed E-state index contributed by atoms with van der Waals surface area (Å²) in [6, 6.07) is 8.96. The van der Waals surface area contributed by atoms with Gasteiger partial charge in [0.05, 0.1) is 5.60 Å². The highest BCUT2D eigenvalue weighted by molar-refractivity contribution is 5.79. The van der Waals surface area contributed by atoms with Crippen LogP contribution in [0.5, 0.6) is 0 Å². The number of carbonyl (C=O) groups is 1. The van der Waals surface area contributed by atoms with E-state index in [9.17, 15) is 9.90 Å². The van der Waals surface area contributed by atoms with Gasteiger partial charge in [-0.2, -0.15) is 4.80 Å². The Morgan fingerprint density at radius 1 is 1.33 bits per heavy atom. The lowest BCUT2D eigenvalue weighted by Crippen LogP contribution is -2.44. The Morgan fingerprint density at radius 2 is 2.00 bits per heavy atom. The molecule has 0 aliphatic heterocycles. The summed E-state index contributed by atoms with van der Waals surface area (Å²) in [5.74, 6) is 0.361. The van der Waals surface area contributed by atoms with E-state index in [4.69, 9.17) is 0 Å². The minimum absolute atomic E-state index is 0.132. The second kappa shape index (κ2) is 6.68. The van der Waals surface area contributed by atoms with Crippen molar-refractivity contribution in [3.63, 3.8) is 0 Å². The predicted octanol–water partition coefficient (Wildman–Crippen LogP) is 1.66. The van der Waals surface area contributed by atoms with Crippen molar-refractivity contribution in [1.82, 2.24) is 25.1 Å². The van der Waals surface area contributed by atoms with Gasteiger partial charge in [0, 0.05) is 19.2 Å². The third-order valence-corrected chi connectivity index (χ3v) is 4.61. The SMILES string of the molecule is CC(C(=O)N(C)CC1(O)CCCC1)n1nnc(-c2ccccc2)n1. The Kier molecular flexibility index (Phi) is 4.62. The summed E-state index contributed by atoms with van der Waals surface area (Å²) >= 11 is 0. The molecular formula is C17H23N5O2. The van der Waals surface area contributed by atoms with Crippen LogP contribution in [0.3, 0.4) is 0 Å². The molecule has 1 saturated carbocycles. The fraction of sp³-hybridized carbons (Fsp3) is 0.529. The number of hydrogen-bond acceptors (Lipinski definition) is 5. The Balaban J connectivity index is 1.68. The van der Waals surface area contributed by atoms with Crippen LogP contribution in [0.2, 0.25) is 0 Å². The number of hydrogen-bond donors (Lipinski definition) is 1. The first-order valence-corrected chi connectivity index (χ1v) is 8.31. The smallest absolute Gasteiger partial charge is 0.248 e. The van der Waals surface area contributed by atoms with E-state index in [1.165, 1.54) is 4.80 Å². The van der Waals surface area contributed by atoms with Crippen molar-refractivity contribution >= 4 is 5.91 Å². The van der Waals surface area contributed by atoms with Crippen molar-refractivity contribution < 1.29 is 9.90 Å². The van der Waals surface area contributed by atoms with Crippen LogP contribution < -0.4 is 0 Å². The summed E-state index contributed by atoms with van der Waals surface area (Å²) in [6.07, 6.45) is 3.52. The van der Waals surface area contributed by atoms with E-state index < -0.39 is 11.6 Å². The number of aliphatic hydroxyl groups is 1. The molecule has 7 heteroatoms. The van der Waals surface area contributed by atoms with Crippen molar-refractivity contribution in [2.75, 3.05) is 13.6 Å². The monoisotopic (exact) mass is 329 g/mol. The summed E-state index contributed by atoms with van der Waals surface area (Å²) in [5, 5.41) is 22.8. The normalized spacial score (nSPS) is 17.6. The Labute approximate surface area is 141 Å². The van der Waals surface area contributed by atoms with Crippen LogP contribution in [0.4, 0.5) is 0 Å². The second-order valence-electron chi connectivity index (χ2n) is 6.60. The van der Waals surface area contributed by atoms with E-state index in [2.05, 4.69) is 15.4 Å². The number of benzene rings is 1. The molecule has 0 bridgehead atoms. The summed E-state index contributed by atoms with van der Waals surface area (Å²) < 4.78 is 0. The molecule has 1 aromatic carbocycles. The lowest BCUT2D eigenvalue weighted by Gasteiger charge is -2.29. The van der Waals surface area contributed by atoms with Crippen LogP contribution >= 0.6 is 0 Å². The van der Waals surface area contributed by atoms with Crippen molar-refractivity contribution in [3.05, 3.63) is 30.3 Å². The van der Waals surface area contributed by atoms with Gasteiger partial charge in [0.25, 0.3) is 0 Å². The fourth-order valence-corrected chi connectivity index (χ4v) is 3.22. The summed E-state index contributed by atoms with van der Waals surface area (Å²) in [4.78, 5) is 15.5. The lowest BCUT2D eigenvalue weighted by atomic mass is 10.0. The van der Waals surface area contributed by atoms with Gasteiger partial charge in [-0.3, -0.25) is 4.79 Å². The molecule has 0 saturated heterocycles. The van der Waals surface area contributed by atoms with Crippen LogP contribution in [0.1, 0.15) is 38.6 Å². The Bertz CT molecular complexity index is 694. The van der Waals surface area contributed by atoms with Gasteiger partial charge in [0.1, 0.15) is 6.04 Å². The van der Waals surface area contributed by atoms with Crippen molar-refractivity contribution in [2.24, 2.45) is 0 Å². The number of rotatable bonds is 5. The van der Waals surface area contributed by atoms with Gasteiger partial charge in [-0.25, -0.2) is 0 Å². The first kappa shape index (κ1) is 16.6. The average Bonchev–Trinajstić information content (AvgIpc) is 3.23. The average molecular weight is 329 g/mol. The topological polar surface area (TPSA) is 84.1 Å². The van der Waals surface area contributed by atoms with E-state index in [1.807, 2.05) is 30.3 Å². The van der Waals surface area contributed by atoms with E-state index in [0.29, 0.717) is 12.4 Å². The first-order chi connectivity index (χ1) is 11.5. The Morgan fingerprint density at radius 3 is 2.67 bits per heavy atom. The molecular weight excluding hydrogens is 306 g/mol. The summed E-state index contributed by atoms with van der Waals surface area (Å²) in [5.41, 5.74) is 0.104. The number of likely N-dealkylation sites (N-methyl/N-ethyl adjacent to an activating group) is 1. The maximum Gasteiger partial charge on any atom is 0.248 e. The third kappa shape index (κ3) is 3.46. The van der Waals surface area contributed by atoms with Gasteiger partial charge in [-0.15, -0.1) is 10.2 Å². The molecule has 0 spiro atoms. The second-order valence-corrected chi connectivity index (χ2v) is 6.60. The van der Waals surface area contributed by atoms with E-state index in [-0.39, 0.29) is 5.91 Å². The van der Waals surface area contributed by atoms with Crippen molar-refractivity contribution in [3.8, 4) is 11.4 Å². The minimum Gasteiger partial charge on any atom is -0.388 e. The summed E-state index contributed by atoms with van der Waals surface area (Å²) in [7, 11) is 1.71.